The predicted octanol–water partition coefficient (Wildman–Crippen LogP) is 2.10. The minimum atomic E-state index is -2.02. The molecule has 2 aromatic carbocycles. The van der Waals surface area contributed by atoms with Crippen LogP contribution < -0.4 is 5.32 Å². The smallest absolute Gasteiger partial charge is 0.264 e. The minimum Gasteiger partial charge on any atom is -0.373 e. The average molecular weight is 281 g/mol. The minimum absolute atomic E-state index is 0.0136. The van der Waals surface area contributed by atoms with E-state index in [2.05, 4.69) is 5.32 Å². The Morgan fingerprint density at radius 2 is 1.81 bits per heavy atom. The fourth-order valence-corrected chi connectivity index (χ4v) is 2.60. The van der Waals surface area contributed by atoms with Crippen LogP contribution in [0.1, 0.15) is 21.5 Å². The zero-order valence-corrected chi connectivity index (χ0v) is 11.6. The van der Waals surface area contributed by atoms with Crippen molar-refractivity contribution in [3.63, 3.8) is 0 Å². The second-order valence-electron chi connectivity index (χ2n) is 5.29. The molecule has 0 bridgehead atoms. The summed E-state index contributed by atoms with van der Waals surface area (Å²) < 4.78 is 0. The van der Waals surface area contributed by atoms with Gasteiger partial charge in [0.05, 0.1) is 0 Å². The Bertz CT molecular complexity index is 738. The molecule has 4 heteroatoms. The summed E-state index contributed by atoms with van der Waals surface area (Å²) in [5.41, 5.74) is 0.563. The molecule has 0 saturated carbocycles. The van der Waals surface area contributed by atoms with Crippen molar-refractivity contribution in [3.8, 4) is 0 Å². The second-order valence-corrected chi connectivity index (χ2v) is 5.29. The van der Waals surface area contributed by atoms with Crippen molar-refractivity contribution in [3.05, 3.63) is 65.2 Å². The number of ketones is 1. The molecule has 0 heterocycles. The fraction of sp³-hybridized carbons (Fsp3) is 0.176. The zero-order chi connectivity index (χ0) is 15.0. The average Bonchev–Trinajstić information content (AvgIpc) is 2.75. The highest BCUT2D eigenvalue weighted by Crippen LogP contribution is 2.31. The highest BCUT2D eigenvalue weighted by molar-refractivity contribution is 6.22. The molecule has 0 unspecified atom stereocenters. The van der Waals surface area contributed by atoms with Crippen molar-refractivity contribution < 1.29 is 14.7 Å². The number of aliphatic hydroxyl groups is 1. The van der Waals surface area contributed by atoms with Gasteiger partial charge in [-0.2, -0.15) is 0 Å². The third-order valence-corrected chi connectivity index (χ3v) is 3.85. The Balaban J connectivity index is 1.89. The number of para-hydroxylation sites is 1. The zero-order valence-electron chi connectivity index (χ0n) is 11.6. The van der Waals surface area contributed by atoms with Gasteiger partial charge in [0.25, 0.3) is 5.91 Å². The molecule has 2 aromatic rings. The van der Waals surface area contributed by atoms with E-state index in [9.17, 15) is 14.7 Å². The van der Waals surface area contributed by atoms with Gasteiger partial charge in [0.2, 0.25) is 11.4 Å². The molecule has 3 rings (SSSR count). The van der Waals surface area contributed by atoms with Gasteiger partial charge in [0, 0.05) is 17.7 Å². The van der Waals surface area contributed by atoms with E-state index in [1.165, 1.54) is 0 Å². The van der Waals surface area contributed by atoms with E-state index < -0.39 is 17.3 Å². The second kappa shape index (κ2) is 4.82. The molecular weight excluding hydrogens is 266 g/mol. The summed E-state index contributed by atoms with van der Waals surface area (Å²) in [6.07, 6.45) is 0.0136. The SMILES string of the molecule is Cc1ccccc1NC(=O)[C@]1(O)Cc2ccccc2C1=O. The van der Waals surface area contributed by atoms with Crippen LogP contribution in [0.15, 0.2) is 48.5 Å². The van der Waals surface area contributed by atoms with Crippen LogP contribution in [0.25, 0.3) is 0 Å². The Labute approximate surface area is 122 Å². The molecule has 0 aromatic heterocycles. The first-order chi connectivity index (χ1) is 10.0. The number of benzene rings is 2. The molecule has 1 amide bonds. The van der Waals surface area contributed by atoms with Gasteiger partial charge in [0.15, 0.2) is 0 Å². The molecular formula is C17H15NO3. The quantitative estimate of drug-likeness (QED) is 0.828. The number of carbonyl (C=O) groups is 2. The molecule has 1 aliphatic rings. The largest absolute Gasteiger partial charge is 0.373 e. The van der Waals surface area contributed by atoms with Crippen LogP contribution in [0.2, 0.25) is 0 Å². The Kier molecular flexibility index (Phi) is 3.11. The lowest BCUT2D eigenvalue weighted by Gasteiger charge is -2.20. The third-order valence-electron chi connectivity index (χ3n) is 3.85. The first-order valence-corrected chi connectivity index (χ1v) is 6.74. The summed E-state index contributed by atoms with van der Waals surface area (Å²) in [5, 5.41) is 13.2. The number of nitrogens with one attached hydrogen (secondary N) is 1. The highest BCUT2D eigenvalue weighted by atomic mass is 16.3. The predicted molar refractivity (Wildman–Crippen MR) is 79.2 cm³/mol. The maximum absolute atomic E-state index is 12.4. The van der Waals surface area contributed by atoms with Crippen LogP contribution >= 0.6 is 0 Å². The van der Waals surface area contributed by atoms with Gasteiger partial charge < -0.3 is 10.4 Å². The number of rotatable bonds is 2. The van der Waals surface area contributed by atoms with Crippen molar-refractivity contribution in [2.24, 2.45) is 0 Å². The summed E-state index contributed by atoms with van der Waals surface area (Å²) in [4.78, 5) is 24.7. The van der Waals surface area contributed by atoms with E-state index in [0.717, 1.165) is 5.56 Å². The van der Waals surface area contributed by atoms with E-state index in [1.54, 1.807) is 36.4 Å². The molecule has 1 atom stereocenters. The van der Waals surface area contributed by atoms with Crippen LogP contribution in [-0.2, 0) is 11.2 Å². The lowest BCUT2D eigenvalue weighted by molar-refractivity contribution is -0.129. The summed E-state index contributed by atoms with van der Waals surface area (Å²) >= 11 is 0. The lowest BCUT2D eigenvalue weighted by Crippen LogP contribution is -2.48. The Morgan fingerprint density at radius 3 is 2.52 bits per heavy atom. The van der Waals surface area contributed by atoms with Crippen molar-refractivity contribution >= 4 is 17.4 Å². The first kappa shape index (κ1) is 13.5. The van der Waals surface area contributed by atoms with Gasteiger partial charge in [-0.3, -0.25) is 9.59 Å². The van der Waals surface area contributed by atoms with Crippen LogP contribution in [-0.4, -0.2) is 22.4 Å². The van der Waals surface area contributed by atoms with Gasteiger partial charge >= 0.3 is 0 Å². The van der Waals surface area contributed by atoms with Gasteiger partial charge in [-0.15, -0.1) is 0 Å². The number of aryl methyl sites for hydroxylation is 1. The summed E-state index contributed by atoms with van der Waals surface area (Å²) in [7, 11) is 0. The maximum atomic E-state index is 12.4. The Morgan fingerprint density at radius 1 is 1.14 bits per heavy atom. The summed E-state index contributed by atoms with van der Waals surface area (Å²) in [5.74, 6) is -1.22. The van der Waals surface area contributed by atoms with E-state index in [0.29, 0.717) is 16.8 Å². The van der Waals surface area contributed by atoms with Crippen LogP contribution in [0, 0.1) is 6.92 Å². The molecule has 21 heavy (non-hydrogen) atoms. The Hall–Kier alpha value is -2.46. The van der Waals surface area contributed by atoms with Gasteiger partial charge in [0.1, 0.15) is 0 Å². The molecule has 4 nitrogen and oxygen atoms in total. The summed E-state index contributed by atoms with van der Waals surface area (Å²) in [6.45, 7) is 1.85. The molecule has 0 fully saturated rings. The van der Waals surface area contributed by atoms with Gasteiger partial charge in [-0.1, -0.05) is 42.5 Å². The number of fused-ring (bicyclic) bond motifs is 1. The van der Waals surface area contributed by atoms with E-state index in [4.69, 9.17) is 0 Å². The summed E-state index contributed by atoms with van der Waals surface area (Å²) in [6, 6.07) is 14.1. The first-order valence-electron chi connectivity index (χ1n) is 6.74. The molecule has 0 spiro atoms. The van der Waals surface area contributed by atoms with Gasteiger partial charge in [-0.05, 0) is 24.1 Å². The molecule has 0 saturated heterocycles. The molecule has 0 radical (unpaired) electrons. The van der Waals surface area contributed by atoms with Crippen molar-refractivity contribution in [2.45, 2.75) is 18.9 Å². The van der Waals surface area contributed by atoms with E-state index in [1.807, 2.05) is 19.1 Å². The number of hydrogen-bond donors (Lipinski definition) is 2. The van der Waals surface area contributed by atoms with Crippen LogP contribution in [0.5, 0.6) is 0 Å². The fourth-order valence-electron chi connectivity index (χ4n) is 2.60. The van der Waals surface area contributed by atoms with Crippen molar-refractivity contribution in [1.29, 1.82) is 0 Å². The van der Waals surface area contributed by atoms with Gasteiger partial charge in [-0.25, -0.2) is 0 Å². The number of hydrogen-bond acceptors (Lipinski definition) is 3. The maximum Gasteiger partial charge on any atom is 0.264 e. The molecule has 2 N–H and O–H groups in total. The topological polar surface area (TPSA) is 66.4 Å². The van der Waals surface area contributed by atoms with Crippen LogP contribution in [0.4, 0.5) is 5.69 Å². The lowest BCUT2D eigenvalue weighted by atomic mass is 9.97. The van der Waals surface area contributed by atoms with Crippen molar-refractivity contribution in [2.75, 3.05) is 5.32 Å². The molecule has 0 aliphatic heterocycles. The standard InChI is InChI=1S/C17H15NO3/c1-11-6-2-5-9-14(11)18-16(20)17(21)10-12-7-3-4-8-13(12)15(17)19/h2-9,21H,10H2,1H3,(H,18,20)/t17-/m0/s1. The highest BCUT2D eigenvalue weighted by Gasteiger charge is 2.50. The number of carbonyl (C=O) groups excluding carboxylic acids is 2. The normalized spacial score (nSPS) is 20.2. The third kappa shape index (κ3) is 2.14. The van der Waals surface area contributed by atoms with Crippen molar-refractivity contribution in [1.82, 2.24) is 0 Å². The monoisotopic (exact) mass is 281 g/mol. The van der Waals surface area contributed by atoms with E-state index >= 15 is 0 Å². The number of Topliss-reactive ketones (excluding diaryl/α,β-unsaturated/α-hetero) is 1. The number of anilines is 1. The van der Waals surface area contributed by atoms with E-state index in [-0.39, 0.29) is 6.42 Å². The molecule has 106 valence electrons. The molecule has 1 aliphatic carbocycles. The number of amides is 1. The van der Waals surface area contributed by atoms with Crippen LogP contribution in [0.3, 0.4) is 0 Å².